The molecule has 0 fully saturated rings. The average Bonchev–Trinajstić information content (AvgIpc) is 2.93. The number of carbonyl (C=O) groups is 1. The van der Waals surface area contributed by atoms with Gasteiger partial charge in [-0.15, -0.1) is 0 Å². The summed E-state index contributed by atoms with van der Waals surface area (Å²) in [4.78, 5) is 29.8. The van der Waals surface area contributed by atoms with Gasteiger partial charge in [0.1, 0.15) is 11.3 Å². The number of nitrogens with zero attached hydrogens (tertiary/aromatic N) is 1. The first-order valence-corrected chi connectivity index (χ1v) is 13.6. The molecule has 5 nitrogen and oxygen atoms in total. The second kappa shape index (κ2) is 12.4. The number of fused-ring (bicyclic) bond motifs is 1. The Morgan fingerprint density at radius 3 is 2.42 bits per heavy atom. The number of amides is 1. The standard InChI is InChI=1S/C32H35ClN2O3/c1-4-22(3)29(35(18-8-17-34)32(37)24-13-11-21(2)12-14-24)31-27(19-23-9-6-5-7-10-23)30(36)26-16-15-25(33)20-28(26)38-31/h5-7,9-16,20,22,29H,4,8,17-19,34H2,1-3H3/t22-,29?/m1/s1. The van der Waals surface area contributed by atoms with Crippen LogP contribution in [-0.4, -0.2) is 23.9 Å². The topological polar surface area (TPSA) is 76.5 Å². The van der Waals surface area contributed by atoms with Crippen molar-refractivity contribution in [3.63, 3.8) is 0 Å². The molecule has 198 valence electrons. The molecule has 0 aliphatic carbocycles. The van der Waals surface area contributed by atoms with E-state index >= 15 is 0 Å². The summed E-state index contributed by atoms with van der Waals surface area (Å²) in [6.07, 6.45) is 1.81. The Hall–Kier alpha value is -3.41. The maximum absolute atomic E-state index is 14.0. The van der Waals surface area contributed by atoms with Gasteiger partial charge in [0.05, 0.1) is 11.4 Å². The molecule has 1 amide bonds. The molecule has 38 heavy (non-hydrogen) atoms. The fourth-order valence-corrected chi connectivity index (χ4v) is 5.01. The van der Waals surface area contributed by atoms with Gasteiger partial charge in [-0.2, -0.15) is 0 Å². The van der Waals surface area contributed by atoms with Crippen LogP contribution in [0.25, 0.3) is 11.0 Å². The van der Waals surface area contributed by atoms with E-state index in [1.807, 2.05) is 66.4 Å². The van der Waals surface area contributed by atoms with Crippen LogP contribution < -0.4 is 11.2 Å². The summed E-state index contributed by atoms with van der Waals surface area (Å²) in [7, 11) is 0. The van der Waals surface area contributed by atoms with Crippen LogP contribution in [0, 0.1) is 12.8 Å². The van der Waals surface area contributed by atoms with Crippen molar-refractivity contribution in [1.29, 1.82) is 0 Å². The predicted octanol–water partition coefficient (Wildman–Crippen LogP) is 6.92. The van der Waals surface area contributed by atoms with Gasteiger partial charge in [-0.25, -0.2) is 0 Å². The molecule has 0 bridgehead atoms. The lowest BCUT2D eigenvalue weighted by Gasteiger charge is -2.36. The minimum absolute atomic E-state index is 0.0106. The number of hydrogen-bond donors (Lipinski definition) is 1. The van der Waals surface area contributed by atoms with Gasteiger partial charge in [0.15, 0.2) is 5.43 Å². The number of carbonyl (C=O) groups excluding carboxylic acids is 1. The summed E-state index contributed by atoms with van der Waals surface area (Å²) in [6.45, 7) is 7.06. The van der Waals surface area contributed by atoms with Gasteiger partial charge >= 0.3 is 0 Å². The Morgan fingerprint density at radius 2 is 1.76 bits per heavy atom. The van der Waals surface area contributed by atoms with Crippen molar-refractivity contribution in [1.82, 2.24) is 4.90 Å². The van der Waals surface area contributed by atoms with E-state index in [9.17, 15) is 9.59 Å². The number of benzene rings is 3. The first-order chi connectivity index (χ1) is 18.3. The summed E-state index contributed by atoms with van der Waals surface area (Å²) in [6, 6.07) is 22.1. The van der Waals surface area contributed by atoms with Gasteiger partial charge in [0, 0.05) is 35.2 Å². The Bertz CT molecular complexity index is 1450. The highest BCUT2D eigenvalue weighted by molar-refractivity contribution is 6.31. The molecule has 2 N–H and O–H groups in total. The Balaban J connectivity index is 1.95. The number of rotatable bonds is 10. The van der Waals surface area contributed by atoms with Gasteiger partial charge < -0.3 is 15.1 Å². The maximum Gasteiger partial charge on any atom is 0.254 e. The first-order valence-electron chi connectivity index (χ1n) is 13.2. The van der Waals surface area contributed by atoms with Crippen LogP contribution >= 0.6 is 11.6 Å². The number of halogens is 1. The molecule has 0 aliphatic heterocycles. The molecule has 2 atom stereocenters. The second-order valence-electron chi connectivity index (χ2n) is 9.91. The van der Waals surface area contributed by atoms with Gasteiger partial charge in [0.25, 0.3) is 5.91 Å². The van der Waals surface area contributed by atoms with E-state index in [0.717, 1.165) is 17.5 Å². The number of aryl methyl sites for hydroxylation is 1. The van der Waals surface area contributed by atoms with Crippen molar-refractivity contribution in [2.45, 2.75) is 46.1 Å². The van der Waals surface area contributed by atoms with Crippen LogP contribution in [0.2, 0.25) is 5.02 Å². The van der Waals surface area contributed by atoms with Gasteiger partial charge in [-0.1, -0.05) is 79.9 Å². The van der Waals surface area contributed by atoms with Gasteiger partial charge in [0.2, 0.25) is 0 Å². The molecule has 0 aliphatic rings. The van der Waals surface area contributed by atoms with Crippen molar-refractivity contribution in [2.75, 3.05) is 13.1 Å². The molecule has 3 aromatic carbocycles. The largest absolute Gasteiger partial charge is 0.458 e. The minimum atomic E-state index is -0.463. The van der Waals surface area contributed by atoms with Crippen molar-refractivity contribution < 1.29 is 9.21 Å². The van der Waals surface area contributed by atoms with Gasteiger partial charge in [-0.3, -0.25) is 9.59 Å². The van der Waals surface area contributed by atoms with Crippen LogP contribution in [0.1, 0.15) is 65.5 Å². The van der Waals surface area contributed by atoms with E-state index in [1.165, 1.54) is 0 Å². The van der Waals surface area contributed by atoms with Crippen molar-refractivity contribution in [3.8, 4) is 0 Å². The lowest BCUT2D eigenvalue weighted by molar-refractivity contribution is 0.0571. The second-order valence-corrected chi connectivity index (χ2v) is 10.4. The highest BCUT2D eigenvalue weighted by Crippen LogP contribution is 2.36. The average molecular weight is 531 g/mol. The molecular weight excluding hydrogens is 496 g/mol. The molecule has 0 radical (unpaired) electrons. The maximum atomic E-state index is 14.0. The van der Waals surface area contributed by atoms with Crippen molar-refractivity contribution >= 4 is 28.5 Å². The molecule has 0 spiro atoms. The fraction of sp³-hybridized carbons (Fsp3) is 0.312. The lowest BCUT2D eigenvalue weighted by atomic mass is 9.89. The third-order valence-electron chi connectivity index (χ3n) is 7.15. The third kappa shape index (κ3) is 6.01. The zero-order valence-corrected chi connectivity index (χ0v) is 23.0. The SMILES string of the molecule is CC[C@@H](C)C(c1oc2cc(Cl)ccc2c(=O)c1Cc1ccccc1)N(CCCN)C(=O)c1ccc(C)cc1. The summed E-state index contributed by atoms with van der Waals surface area (Å²) in [5, 5.41) is 0.962. The van der Waals surface area contributed by atoms with Crippen LogP contribution in [0.15, 0.2) is 82.0 Å². The lowest BCUT2D eigenvalue weighted by Crippen LogP contribution is -2.40. The quantitative estimate of drug-likeness (QED) is 0.241. The molecular formula is C32H35ClN2O3. The highest BCUT2D eigenvalue weighted by Gasteiger charge is 2.34. The zero-order valence-electron chi connectivity index (χ0n) is 22.2. The molecule has 4 aromatic rings. The van der Waals surface area contributed by atoms with E-state index in [0.29, 0.717) is 58.8 Å². The summed E-state index contributed by atoms with van der Waals surface area (Å²) >= 11 is 6.30. The normalized spacial score (nSPS) is 12.9. The molecule has 1 heterocycles. The van der Waals surface area contributed by atoms with Crippen LogP contribution in [0.4, 0.5) is 0 Å². The molecule has 6 heteroatoms. The molecule has 0 saturated heterocycles. The Morgan fingerprint density at radius 1 is 1.05 bits per heavy atom. The van der Waals surface area contributed by atoms with Crippen LogP contribution in [0.3, 0.4) is 0 Å². The predicted molar refractivity (Wildman–Crippen MR) is 155 cm³/mol. The monoisotopic (exact) mass is 530 g/mol. The Labute approximate surface area is 229 Å². The van der Waals surface area contributed by atoms with E-state index in [2.05, 4.69) is 13.8 Å². The van der Waals surface area contributed by atoms with Crippen molar-refractivity contribution in [3.05, 3.63) is 116 Å². The van der Waals surface area contributed by atoms with E-state index in [1.54, 1.807) is 18.2 Å². The number of nitrogens with two attached hydrogens (primary N) is 1. The molecule has 0 saturated carbocycles. The number of hydrogen-bond acceptors (Lipinski definition) is 4. The van der Waals surface area contributed by atoms with Gasteiger partial charge in [-0.05, 0) is 55.6 Å². The fourth-order valence-electron chi connectivity index (χ4n) is 4.85. The smallest absolute Gasteiger partial charge is 0.254 e. The summed E-state index contributed by atoms with van der Waals surface area (Å²) in [5.74, 6) is 0.417. The first kappa shape index (κ1) is 27.6. The molecule has 1 aromatic heterocycles. The summed E-state index contributed by atoms with van der Waals surface area (Å²) < 4.78 is 6.57. The van der Waals surface area contributed by atoms with Crippen LogP contribution in [0.5, 0.6) is 0 Å². The minimum Gasteiger partial charge on any atom is -0.458 e. The summed E-state index contributed by atoms with van der Waals surface area (Å²) in [5.41, 5.74) is 9.46. The zero-order chi connectivity index (χ0) is 27.2. The van der Waals surface area contributed by atoms with E-state index in [-0.39, 0.29) is 17.3 Å². The van der Waals surface area contributed by atoms with Crippen LogP contribution in [-0.2, 0) is 6.42 Å². The third-order valence-corrected chi connectivity index (χ3v) is 7.39. The van der Waals surface area contributed by atoms with E-state index in [4.69, 9.17) is 21.8 Å². The molecule has 4 rings (SSSR count). The Kier molecular flexibility index (Phi) is 9.03. The molecule has 1 unspecified atom stereocenters. The highest BCUT2D eigenvalue weighted by atomic mass is 35.5. The van der Waals surface area contributed by atoms with E-state index < -0.39 is 6.04 Å². The van der Waals surface area contributed by atoms with Crippen molar-refractivity contribution in [2.24, 2.45) is 11.7 Å².